The standard InChI is InChI=1S/C11H16O2/c1-3-4-6-9-10(12)7-5-8-11(9)13-2/h4,6H,3,5,7-8H2,1-2H3/b6-4+. The first-order chi connectivity index (χ1) is 6.29. The van der Waals surface area contributed by atoms with E-state index in [0.717, 1.165) is 30.6 Å². The van der Waals surface area contributed by atoms with Crippen LogP contribution in [0.3, 0.4) is 0 Å². The maximum absolute atomic E-state index is 11.5. The van der Waals surface area contributed by atoms with Crippen LogP contribution in [0.2, 0.25) is 0 Å². The van der Waals surface area contributed by atoms with E-state index >= 15 is 0 Å². The highest BCUT2D eigenvalue weighted by atomic mass is 16.5. The molecule has 0 bridgehead atoms. The second-order valence-electron chi connectivity index (χ2n) is 3.13. The van der Waals surface area contributed by atoms with E-state index in [0.29, 0.717) is 6.42 Å². The van der Waals surface area contributed by atoms with Crippen molar-refractivity contribution in [1.29, 1.82) is 0 Å². The van der Waals surface area contributed by atoms with E-state index in [1.54, 1.807) is 7.11 Å². The zero-order valence-electron chi connectivity index (χ0n) is 8.30. The van der Waals surface area contributed by atoms with Crippen LogP contribution in [0.4, 0.5) is 0 Å². The average Bonchev–Trinajstić information content (AvgIpc) is 2.15. The van der Waals surface area contributed by atoms with Gasteiger partial charge in [-0.3, -0.25) is 4.79 Å². The first-order valence-corrected chi connectivity index (χ1v) is 4.76. The highest BCUT2D eigenvalue weighted by Gasteiger charge is 2.18. The summed E-state index contributed by atoms with van der Waals surface area (Å²) >= 11 is 0. The molecule has 0 spiro atoms. The van der Waals surface area contributed by atoms with Gasteiger partial charge in [0.1, 0.15) is 5.76 Å². The van der Waals surface area contributed by atoms with Crippen molar-refractivity contribution in [2.24, 2.45) is 0 Å². The van der Waals surface area contributed by atoms with Gasteiger partial charge in [-0.05, 0) is 12.8 Å². The molecular weight excluding hydrogens is 164 g/mol. The fourth-order valence-electron chi connectivity index (χ4n) is 1.47. The zero-order chi connectivity index (χ0) is 9.68. The lowest BCUT2D eigenvalue weighted by Gasteiger charge is -2.15. The smallest absolute Gasteiger partial charge is 0.166 e. The normalized spacial score (nSPS) is 18.5. The van der Waals surface area contributed by atoms with Gasteiger partial charge in [0, 0.05) is 12.8 Å². The number of carbonyl (C=O) groups is 1. The summed E-state index contributed by atoms with van der Waals surface area (Å²) < 4.78 is 5.18. The SMILES string of the molecule is CC/C=C/C1=C(OC)CCCC1=O. The predicted molar refractivity (Wildman–Crippen MR) is 52.3 cm³/mol. The lowest BCUT2D eigenvalue weighted by molar-refractivity contribution is -0.116. The van der Waals surface area contributed by atoms with Crippen molar-refractivity contribution in [3.63, 3.8) is 0 Å². The lowest BCUT2D eigenvalue weighted by Crippen LogP contribution is -2.11. The molecule has 0 heterocycles. The number of methoxy groups -OCH3 is 1. The van der Waals surface area contributed by atoms with Crippen molar-refractivity contribution in [3.8, 4) is 0 Å². The summed E-state index contributed by atoms with van der Waals surface area (Å²) in [5.41, 5.74) is 0.774. The number of carbonyl (C=O) groups excluding carboxylic acids is 1. The van der Waals surface area contributed by atoms with Crippen molar-refractivity contribution >= 4 is 5.78 Å². The molecule has 1 rings (SSSR count). The molecular formula is C11H16O2. The van der Waals surface area contributed by atoms with E-state index in [-0.39, 0.29) is 5.78 Å². The second-order valence-corrected chi connectivity index (χ2v) is 3.13. The molecule has 0 aromatic rings. The van der Waals surface area contributed by atoms with Gasteiger partial charge in [0.05, 0.1) is 12.7 Å². The third-order valence-electron chi connectivity index (χ3n) is 2.18. The topological polar surface area (TPSA) is 26.3 Å². The van der Waals surface area contributed by atoms with Gasteiger partial charge in [-0.1, -0.05) is 19.1 Å². The van der Waals surface area contributed by atoms with Crippen LogP contribution in [0.1, 0.15) is 32.6 Å². The summed E-state index contributed by atoms with van der Waals surface area (Å²) in [5, 5.41) is 0. The molecule has 0 radical (unpaired) electrons. The first kappa shape index (κ1) is 10.0. The fraction of sp³-hybridized carbons (Fsp3) is 0.545. The molecule has 1 aliphatic carbocycles. The van der Waals surface area contributed by atoms with Crippen LogP contribution in [-0.4, -0.2) is 12.9 Å². The van der Waals surface area contributed by atoms with E-state index in [1.807, 2.05) is 12.2 Å². The number of allylic oxidation sites excluding steroid dienone is 4. The van der Waals surface area contributed by atoms with Gasteiger partial charge in [-0.2, -0.15) is 0 Å². The Morgan fingerprint density at radius 1 is 1.46 bits per heavy atom. The first-order valence-electron chi connectivity index (χ1n) is 4.76. The summed E-state index contributed by atoms with van der Waals surface area (Å²) in [7, 11) is 1.63. The quantitative estimate of drug-likeness (QED) is 0.667. The Labute approximate surface area is 79.3 Å². The average molecular weight is 180 g/mol. The molecule has 2 nitrogen and oxygen atoms in total. The minimum Gasteiger partial charge on any atom is -0.500 e. The maximum Gasteiger partial charge on any atom is 0.166 e. The molecule has 2 heteroatoms. The van der Waals surface area contributed by atoms with Gasteiger partial charge in [0.25, 0.3) is 0 Å². The van der Waals surface area contributed by atoms with Gasteiger partial charge < -0.3 is 4.74 Å². The Morgan fingerprint density at radius 2 is 2.23 bits per heavy atom. The molecule has 0 aromatic carbocycles. The van der Waals surface area contributed by atoms with Crippen LogP contribution in [0.25, 0.3) is 0 Å². The summed E-state index contributed by atoms with van der Waals surface area (Å²) in [5.74, 6) is 1.06. The van der Waals surface area contributed by atoms with Crippen LogP contribution in [-0.2, 0) is 9.53 Å². The largest absolute Gasteiger partial charge is 0.500 e. The van der Waals surface area contributed by atoms with Crippen molar-refractivity contribution < 1.29 is 9.53 Å². The van der Waals surface area contributed by atoms with Gasteiger partial charge in [-0.15, -0.1) is 0 Å². The highest BCUT2D eigenvalue weighted by molar-refractivity contribution is 5.99. The number of ether oxygens (including phenoxy) is 1. The van der Waals surface area contributed by atoms with Crippen LogP contribution < -0.4 is 0 Å². The molecule has 13 heavy (non-hydrogen) atoms. The fourth-order valence-corrected chi connectivity index (χ4v) is 1.47. The molecule has 0 aliphatic heterocycles. The van der Waals surface area contributed by atoms with Crippen molar-refractivity contribution in [1.82, 2.24) is 0 Å². The van der Waals surface area contributed by atoms with Gasteiger partial charge >= 0.3 is 0 Å². The molecule has 0 aromatic heterocycles. The van der Waals surface area contributed by atoms with Crippen LogP contribution >= 0.6 is 0 Å². The van der Waals surface area contributed by atoms with Gasteiger partial charge in [0.2, 0.25) is 0 Å². The van der Waals surface area contributed by atoms with Crippen LogP contribution in [0.5, 0.6) is 0 Å². The molecule has 72 valence electrons. The van der Waals surface area contributed by atoms with Crippen molar-refractivity contribution in [3.05, 3.63) is 23.5 Å². The number of ketones is 1. The molecule has 0 atom stereocenters. The summed E-state index contributed by atoms with van der Waals surface area (Å²) in [4.78, 5) is 11.5. The molecule has 0 N–H and O–H groups in total. The molecule has 0 unspecified atom stereocenters. The summed E-state index contributed by atoms with van der Waals surface area (Å²) in [6, 6.07) is 0. The second kappa shape index (κ2) is 4.85. The minimum absolute atomic E-state index is 0.216. The molecule has 0 amide bonds. The Bertz CT molecular complexity index is 249. The number of hydrogen-bond donors (Lipinski definition) is 0. The summed E-state index contributed by atoms with van der Waals surface area (Å²) in [6.07, 6.45) is 7.32. The lowest BCUT2D eigenvalue weighted by atomic mass is 9.96. The van der Waals surface area contributed by atoms with Crippen molar-refractivity contribution in [2.75, 3.05) is 7.11 Å². The van der Waals surface area contributed by atoms with Gasteiger partial charge in [0.15, 0.2) is 5.78 Å². The van der Waals surface area contributed by atoms with Gasteiger partial charge in [-0.25, -0.2) is 0 Å². The van der Waals surface area contributed by atoms with Crippen LogP contribution in [0.15, 0.2) is 23.5 Å². The van der Waals surface area contributed by atoms with E-state index < -0.39 is 0 Å². The Balaban J connectivity index is 2.87. The number of rotatable bonds is 3. The minimum atomic E-state index is 0.216. The van der Waals surface area contributed by atoms with Crippen LogP contribution in [0, 0.1) is 0 Å². The van der Waals surface area contributed by atoms with E-state index in [9.17, 15) is 4.79 Å². The van der Waals surface area contributed by atoms with E-state index in [4.69, 9.17) is 4.74 Å². The zero-order valence-corrected chi connectivity index (χ0v) is 8.30. The number of Topliss-reactive ketones (excluding diaryl/α,β-unsaturated/α-hetero) is 1. The van der Waals surface area contributed by atoms with E-state index in [2.05, 4.69) is 6.92 Å². The Kier molecular flexibility index (Phi) is 3.74. The maximum atomic E-state index is 11.5. The summed E-state index contributed by atoms with van der Waals surface area (Å²) in [6.45, 7) is 2.05. The number of hydrogen-bond acceptors (Lipinski definition) is 2. The van der Waals surface area contributed by atoms with Crippen molar-refractivity contribution in [2.45, 2.75) is 32.6 Å². The Morgan fingerprint density at radius 3 is 2.85 bits per heavy atom. The van der Waals surface area contributed by atoms with E-state index in [1.165, 1.54) is 0 Å². The highest BCUT2D eigenvalue weighted by Crippen LogP contribution is 2.23. The molecule has 0 saturated carbocycles. The Hall–Kier alpha value is -1.05. The third-order valence-corrected chi connectivity index (χ3v) is 2.18. The molecule has 1 aliphatic rings. The molecule has 0 fully saturated rings. The molecule has 0 saturated heterocycles. The monoisotopic (exact) mass is 180 g/mol. The third kappa shape index (κ3) is 2.44. The predicted octanol–water partition coefficient (Wildman–Crippen LogP) is 2.61.